The molecule has 0 saturated carbocycles. The lowest BCUT2D eigenvalue weighted by Crippen LogP contribution is -2.04. The molecular weight excluding hydrogens is 749 g/mol. The summed E-state index contributed by atoms with van der Waals surface area (Å²) in [4.78, 5) is 0. The molecule has 10 aromatic carbocycles. The van der Waals surface area contributed by atoms with E-state index in [4.69, 9.17) is 0 Å². The largest absolute Gasteiger partial charge is 0.308 e. The molecule has 2 aromatic heterocycles. The molecule has 0 aliphatic heterocycles. The molecule has 0 N–H and O–H groups in total. The number of rotatable bonds is 2. The van der Waals surface area contributed by atoms with Crippen LogP contribution in [0.3, 0.4) is 0 Å². The zero-order valence-corrected chi connectivity index (χ0v) is 33.5. The third-order valence-corrected chi connectivity index (χ3v) is 14.2. The number of para-hydroxylation sites is 2. The minimum atomic E-state index is 1.19. The molecule has 0 atom stereocenters. The molecule has 15 rings (SSSR count). The van der Waals surface area contributed by atoms with E-state index in [2.05, 4.69) is 215 Å². The number of hydrogen-bond acceptors (Lipinski definition) is 0. The number of nitrogens with zero attached hydrogens (tertiary/aromatic N) is 2. The van der Waals surface area contributed by atoms with Crippen molar-refractivity contribution in [2.75, 3.05) is 0 Å². The van der Waals surface area contributed by atoms with E-state index in [9.17, 15) is 0 Å². The fourth-order valence-electron chi connectivity index (χ4n) is 11.8. The predicted molar refractivity (Wildman–Crippen MR) is 259 cm³/mol. The van der Waals surface area contributed by atoms with Crippen LogP contribution >= 0.6 is 0 Å². The standard InChI is InChI=1S/C60H34N2/c1-3-17-37-35(15-1)39-25-13-27-47-53(33-31-43(37)55(39)47)61-51-29-11-9-23-49(51)57-42-20-6-8-22-46(42)60-58(41-19-5-7-21-45(41)59(57)61)50-24-10-12-30-52(50)62(60)54-34-32-44-38-18-4-2-16-36(38)40-26-14-28-48(54)56(40)44/h1-34H. The lowest BCUT2D eigenvalue weighted by molar-refractivity contribution is 1.14. The highest BCUT2D eigenvalue weighted by atomic mass is 15.0. The highest BCUT2D eigenvalue weighted by Gasteiger charge is 2.34. The van der Waals surface area contributed by atoms with Gasteiger partial charge in [0, 0.05) is 43.8 Å². The Balaban J connectivity index is 1.09. The first kappa shape index (κ1) is 32.6. The van der Waals surface area contributed by atoms with Crippen molar-refractivity contribution in [1.82, 2.24) is 9.13 Å². The lowest BCUT2D eigenvalue weighted by atomic mass is 9.84. The van der Waals surface area contributed by atoms with E-state index in [0.717, 1.165) is 0 Å². The second-order valence-corrected chi connectivity index (χ2v) is 17.1. The van der Waals surface area contributed by atoms with Crippen LogP contribution in [-0.2, 0) is 0 Å². The van der Waals surface area contributed by atoms with Crippen LogP contribution in [0.4, 0.5) is 0 Å². The van der Waals surface area contributed by atoms with E-state index in [1.807, 2.05) is 0 Å². The Morgan fingerprint density at radius 2 is 0.516 bits per heavy atom. The third-order valence-electron chi connectivity index (χ3n) is 14.2. The predicted octanol–water partition coefficient (Wildman–Crippen LogP) is 16.2. The smallest absolute Gasteiger partial charge is 0.0626 e. The van der Waals surface area contributed by atoms with Gasteiger partial charge in [0.1, 0.15) is 0 Å². The number of fused-ring (bicyclic) bond motifs is 18. The van der Waals surface area contributed by atoms with Gasteiger partial charge in [-0.05, 0) is 90.7 Å². The maximum absolute atomic E-state index is 2.58. The van der Waals surface area contributed by atoms with E-state index < -0.39 is 0 Å². The van der Waals surface area contributed by atoms with Gasteiger partial charge in [-0.25, -0.2) is 0 Å². The Kier molecular flexibility index (Phi) is 6.18. The van der Waals surface area contributed by atoms with E-state index in [1.165, 1.54) is 144 Å². The molecule has 0 saturated heterocycles. The molecule has 0 unspecified atom stereocenters. The average Bonchev–Trinajstić information content (AvgIpc) is 4.06. The van der Waals surface area contributed by atoms with E-state index in [-0.39, 0.29) is 0 Å². The van der Waals surface area contributed by atoms with Crippen molar-refractivity contribution in [2.45, 2.75) is 0 Å². The minimum absolute atomic E-state index is 1.19. The summed E-state index contributed by atoms with van der Waals surface area (Å²) in [5.74, 6) is 0. The fourth-order valence-corrected chi connectivity index (χ4v) is 11.8. The molecule has 0 spiro atoms. The van der Waals surface area contributed by atoms with E-state index in [0.29, 0.717) is 0 Å². The van der Waals surface area contributed by atoms with Crippen molar-refractivity contribution in [2.24, 2.45) is 0 Å². The SMILES string of the molecule is c1ccc2c(c1)-c1c(n(-c3ccc4c5c(cccc35)-c3ccccc3-4)c3ccccc13)-c1ccccc1-c1c-2n(-c2ccc3c4c(cccc24)-c2ccccc2-3)c2ccccc12. The van der Waals surface area contributed by atoms with Gasteiger partial charge in [0.05, 0.1) is 33.8 Å². The van der Waals surface area contributed by atoms with Gasteiger partial charge in [-0.15, -0.1) is 0 Å². The van der Waals surface area contributed by atoms with Crippen LogP contribution < -0.4 is 0 Å². The van der Waals surface area contributed by atoms with Crippen molar-refractivity contribution in [3.8, 4) is 101 Å². The van der Waals surface area contributed by atoms with Crippen LogP contribution in [0.25, 0.3) is 144 Å². The van der Waals surface area contributed by atoms with Crippen molar-refractivity contribution in [3.63, 3.8) is 0 Å². The molecule has 3 aliphatic rings. The fraction of sp³-hybridized carbons (Fsp3) is 0. The molecule has 0 radical (unpaired) electrons. The molecule has 0 amide bonds. The van der Waals surface area contributed by atoms with Crippen LogP contribution in [0.2, 0.25) is 0 Å². The monoisotopic (exact) mass is 782 g/mol. The summed E-state index contributed by atoms with van der Waals surface area (Å²) in [6.45, 7) is 0. The second-order valence-electron chi connectivity index (χ2n) is 17.1. The number of benzene rings is 10. The molecule has 284 valence electrons. The van der Waals surface area contributed by atoms with Gasteiger partial charge in [-0.2, -0.15) is 0 Å². The Morgan fingerprint density at radius 3 is 0.935 bits per heavy atom. The first-order valence-corrected chi connectivity index (χ1v) is 21.6. The topological polar surface area (TPSA) is 9.86 Å². The van der Waals surface area contributed by atoms with Crippen LogP contribution in [0.5, 0.6) is 0 Å². The summed E-state index contributed by atoms with van der Waals surface area (Å²) >= 11 is 0. The van der Waals surface area contributed by atoms with Gasteiger partial charge in [0.25, 0.3) is 0 Å². The molecule has 12 aromatic rings. The van der Waals surface area contributed by atoms with Gasteiger partial charge in [-0.3, -0.25) is 0 Å². The second kappa shape index (κ2) is 11.8. The molecular formula is C60H34N2. The minimum Gasteiger partial charge on any atom is -0.308 e. The molecule has 0 fully saturated rings. The molecule has 2 heteroatoms. The van der Waals surface area contributed by atoms with Crippen LogP contribution in [0.15, 0.2) is 206 Å². The van der Waals surface area contributed by atoms with Crippen molar-refractivity contribution >= 4 is 43.4 Å². The Morgan fingerprint density at radius 1 is 0.210 bits per heavy atom. The normalized spacial score (nSPS) is 12.5. The summed E-state index contributed by atoms with van der Waals surface area (Å²) in [6.07, 6.45) is 0. The van der Waals surface area contributed by atoms with Crippen molar-refractivity contribution < 1.29 is 0 Å². The van der Waals surface area contributed by atoms with Crippen LogP contribution in [0.1, 0.15) is 0 Å². The van der Waals surface area contributed by atoms with Crippen LogP contribution in [0, 0.1) is 0 Å². The summed E-state index contributed by atoms with van der Waals surface area (Å²) < 4.78 is 5.16. The summed E-state index contributed by atoms with van der Waals surface area (Å²) in [6, 6.07) is 77.4. The van der Waals surface area contributed by atoms with Crippen molar-refractivity contribution in [1.29, 1.82) is 0 Å². The van der Waals surface area contributed by atoms with Gasteiger partial charge < -0.3 is 9.13 Å². The Bertz CT molecular complexity index is 3660. The lowest BCUT2D eigenvalue weighted by Gasteiger charge is -2.24. The zero-order chi connectivity index (χ0) is 40.2. The Labute approximate surface area is 357 Å². The zero-order valence-electron chi connectivity index (χ0n) is 33.5. The van der Waals surface area contributed by atoms with Crippen LogP contribution in [-0.4, -0.2) is 9.13 Å². The van der Waals surface area contributed by atoms with E-state index in [1.54, 1.807) is 0 Å². The summed E-state index contributed by atoms with van der Waals surface area (Å²) in [5.41, 5.74) is 25.1. The highest BCUT2D eigenvalue weighted by Crippen LogP contribution is 2.57. The molecule has 2 heterocycles. The number of hydrogen-bond donors (Lipinski definition) is 0. The maximum atomic E-state index is 2.58. The van der Waals surface area contributed by atoms with Gasteiger partial charge in [-0.1, -0.05) is 182 Å². The quantitative estimate of drug-likeness (QED) is 0.165. The molecule has 3 aliphatic carbocycles. The summed E-state index contributed by atoms with van der Waals surface area (Å²) in [7, 11) is 0. The molecule has 2 nitrogen and oxygen atoms in total. The molecule has 62 heavy (non-hydrogen) atoms. The third kappa shape index (κ3) is 3.96. The summed E-state index contributed by atoms with van der Waals surface area (Å²) in [5, 5.41) is 7.67. The highest BCUT2D eigenvalue weighted by molar-refractivity contribution is 6.22. The van der Waals surface area contributed by atoms with Crippen molar-refractivity contribution in [3.05, 3.63) is 206 Å². The first-order chi connectivity index (χ1) is 30.8. The Hall–Kier alpha value is -8.20. The average molecular weight is 783 g/mol. The number of aromatic nitrogens is 2. The van der Waals surface area contributed by atoms with E-state index >= 15 is 0 Å². The first-order valence-electron chi connectivity index (χ1n) is 21.6. The van der Waals surface area contributed by atoms with Gasteiger partial charge >= 0.3 is 0 Å². The van der Waals surface area contributed by atoms with Gasteiger partial charge in [0.15, 0.2) is 0 Å². The molecule has 0 bridgehead atoms. The maximum Gasteiger partial charge on any atom is 0.0626 e. The van der Waals surface area contributed by atoms with Gasteiger partial charge in [0.2, 0.25) is 0 Å².